The van der Waals surface area contributed by atoms with Gasteiger partial charge in [-0.3, -0.25) is 9.59 Å². The average molecular weight is 755 g/mol. The molecule has 14 atom stereocenters. The lowest BCUT2D eigenvalue weighted by molar-refractivity contribution is -0.310. The summed E-state index contributed by atoms with van der Waals surface area (Å²) in [5.74, 6) is -5.05. The number of carboxylic acids is 1. The molecule has 0 aromatic carbocycles. The zero-order chi connectivity index (χ0) is 39.6. The minimum atomic E-state index is -1.49. The van der Waals surface area contributed by atoms with Crippen molar-refractivity contribution in [1.82, 2.24) is 0 Å². The van der Waals surface area contributed by atoms with Crippen LogP contribution in [0.15, 0.2) is 69.9 Å². The van der Waals surface area contributed by atoms with Gasteiger partial charge >= 0.3 is 17.9 Å². The average Bonchev–Trinajstić information content (AvgIpc) is 3.44. The first-order valence-corrected chi connectivity index (χ1v) is 19.3. The largest absolute Gasteiger partial charge is 0.481 e. The van der Waals surface area contributed by atoms with Crippen LogP contribution < -0.4 is 0 Å². The predicted octanol–water partition coefficient (Wildman–Crippen LogP) is 4.22. The Kier molecular flexibility index (Phi) is 13.7. The number of carboxylic acid groups (broad SMARTS) is 1. The van der Waals surface area contributed by atoms with Crippen molar-refractivity contribution in [2.24, 2.45) is 35.5 Å². The van der Waals surface area contributed by atoms with Crippen LogP contribution in [0.2, 0.25) is 0 Å². The van der Waals surface area contributed by atoms with E-state index in [1.165, 1.54) is 6.92 Å². The van der Waals surface area contributed by atoms with Crippen molar-refractivity contribution in [3.63, 3.8) is 0 Å². The Bertz CT molecular complexity index is 1620. The van der Waals surface area contributed by atoms with Crippen molar-refractivity contribution in [3.8, 4) is 0 Å². The molecule has 6 N–H and O–H groups in total. The molecule has 0 aromatic rings. The molecule has 3 fully saturated rings. The number of cyclic esters (lactones) is 2. The number of aliphatic hydroxyl groups is 5. The van der Waals surface area contributed by atoms with E-state index in [0.29, 0.717) is 49.7 Å². The molecule has 2 aliphatic heterocycles. The SMILES string of the molecule is CC1=CC2C(OC3OC(C)C(O)C(O)C3O)CCCC2C2C(=O)OC(=O)/C(C)=C3/CC(O)C/C3=C/2C1/C=C/C=C/C=C(\C)CC(C)CC(O)C(C)C(=O)O. The van der Waals surface area contributed by atoms with E-state index in [2.05, 4.69) is 6.08 Å². The summed E-state index contributed by atoms with van der Waals surface area (Å²) in [6, 6.07) is 0. The number of hydrogen-bond donors (Lipinski definition) is 6. The molecule has 0 bridgehead atoms. The Morgan fingerprint density at radius 3 is 2.41 bits per heavy atom. The number of aliphatic hydroxyl groups excluding tert-OH is 5. The number of carbonyl (C=O) groups excluding carboxylic acids is 2. The van der Waals surface area contributed by atoms with Crippen LogP contribution in [0, 0.1) is 35.5 Å². The number of ether oxygens (including phenoxy) is 3. The quantitative estimate of drug-likeness (QED) is 0.0761. The second-order valence-corrected chi connectivity index (χ2v) is 16.2. The van der Waals surface area contributed by atoms with Crippen molar-refractivity contribution < 1.29 is 59.2 Å². The van der Waals surface area contributed by atoms with Crippen LogP contribution in [0.3, 0.4) is 0 Å². The van der Waals surface area contributed by atoms with Crippen LogP contribution in [-0.4, -0.2) is 97.6 Å². The molecule has 5 rings (SSSR count). The number of fused-ring (bicyclic) bond motifs is 4. The van der Waals surface area contributed by atoms with Gasteiger partial charge in [-0.25, -0.2) is 4.79 Å². The second-order valence-electron chi connectivity index (χ2n) is 16.2. The summed E-state index contributed by atoms with van der Waals surface area (Å²) >= 11 is 0. The molecule has 0 aromatic heterocycles. The van der Waals surface area contributed by atoms with Gasteiger partial charge in [-0.2, -0.15) is 0 Å². The Morgan fingerprint density at radius 1 is 1.00 bits per heavy atom. The summed E-state index contributed by atoms with van der Waals surface area (Å²) in [6.45, 7) is 10.7. The molecule has 1 saturated heterocycles. The summed E-state index contributed by atoms with van der Waals surface area (Å²) in [7, 11) is 0. The Morgan fingerprint density at radius 2 is 1.70 bits per heavy atom. The number of allylic oxidation sites excluding steroid dienone is 7. The lowest BCUT2D eigenvalue weighted by Gasteiger charge is -2.44. The van der Waals surface area contributed by atoms with E-state index >= 15 is 0 Å². The minimum absolute atomic E-state index is 0.0777. The van der Waals surface area contributed by atoms with Gasteiger partial charge in [0.2, 0.25) is 0 Å². The fourth-order valence-electron chi connectivity index (χ4n) is 9.06. The Labute approximate surface area is 317 Å². The molecule has 12 heteroatoms. The first-order chi connectivity index (χ1) is 25.5. The van der Waals surface area contributed by atoms with Gasteiger partial charge in [-0.1, -0.05) is 60.9 Å². The molecule has 12 nitrogen and oxygen atoms in total. The predicted molar refractivity (Wildman–Crippen MR) is 198 cm³/mol. The summed E-state index contributed by atoms with van der Waals surface area (Å²) in [6.07, 6.45) is 6.98. The van der Waals surface area contributed by atoms with Gasteiger partial charge in [-0.15, -0.1) is 0 Å². The molecule has 0 radical (unpaired) electrons. The fourth-order valence-corrected chi connectivity index (χ4v) is 9.06. The van der Waals surface area contributed by atoms with Crippen LogP contribution in [-0.2, 0) is 28.6 Å². The van der Waals surface area contributed by atoms with E-state index in [9.17, 15) is 45.0 Å². The Balaban J connectivity index is 1.48. The maximum Gasteiger partial charge on any atom is 0.341 e. The first kappa shape index (κ1) is 41.9. The van der Waals surface area contributed by atoms with Gasteiger partial charge in [-0.05, 0) is 102 Å². The Hall–Kier alpha value is -3.23. The number of carbonyl (C=O) groups is 3. The highest BCUT2D eigenvalue weighted by Gasteiger charge is 2.51. The smallest absolute Gasteiger partial charge is 0.341 e. The fraction of sp³-hybridized carbons (Fsp3) is 0.643. The molecule has 298 valence electrons. The third kappa shape index (κ3) is 9.07. The maximum atomic E-state index is 14.2. The van der Waals surface area contributed by atoms with E-state index < -0.39 is 78.8 Å². The van der Waals surface area contributed by atoms with Crippen molar-refractivity contribution in [1.29, 1.82) is 0 Å². The summed E-state index contributed by atoms with van der Waals surface area (Å²) in [5.41, 5.74) is 4.64. The monoisotopic (exact) mass is 754 g/mol. The summed E-state index contributed by atoms with van der Waals surface area (Å²) in [4.78, 5) is 38.7. The minimum Gasteiger partial charge on any atom is -0.481 e. The van der Waals surface area contributed by atoms with Crippen molar-refractivity contribution in [3.05, 3.63) is 69.9 Å². The molecular formula is C42H58O12. The van der Waals surface area contributed by atoms with E-state index in [-0.39, 0.29) is 30.1 Å². The number of esters is 2. The summed E-state index contributed by atoms with van der Waals surface area (Å²) < 4.78 is 17.8. The second kappa shape index (κ2) is 17.7. The van der Waals surface area contributed by atoms with Crippen LogP contribution in [0.4, 0.5) is 0 Å². The van der Waals surface area contributed by atoms with Crippen molar-refractivity contribution >= 4 is 17.9 Å². The van der Waals surface area contributed by atoms with Crippen LogP contribution in [0.25, 0.3) is 0 Å². The molecule has 2 saturated carbocycles. The lowest BCUT2D eigenvalue weighted by atomic mass is 9.67. The molecular weight excluding hydrogens is 696 g/mol. The van der Waals surface area contributed by atoms with E-state index in [1.807, 2.05) is 51.2 Å². The van der Waals surface area contributed by atoms with E-state index in [0.717, 1.165) is 22.3 Å². The zero-order valence-corrected chi connectivity index (χ0v) is 32.1. The third-order valence-corrected chi connectivity index (χ3v) is 12.1. The zero-order valence-electron chi connectivity index (χ0n) is 32.1. The number of aliphatic carboxylic acids is 1. The van der Waals surface area contributed by atoms with Gasteiger partial charge in [0.05, 0.1) is 36.3 Å². The van der Waals surface area contributed by atoms with Gasteiger partial charge in [0, 0.05) is 17.4 Å². The topological polar surface area (TPSA) is 200 Å². The van der Waals surface area contributed by atoms with E-state index in [4.69, 9.17) is 14.2 Å². The highest BCUT2D eigenvalue weighted by Crippen LogP contribution is 2.52. The highest BCUT2D eigenvalue weighted by molar-refractivity contribution is 5.99. The van der Waals surface area contributed by atoms with Gasteiger partial charge in [0.25, 0.3) is 0 Å². The summed E-state index contributed by atoms with van der Waals surface area (Å²) in [5, 5.41) is 62.0. The van der Waals surface area contributed by atoms with Crippen molar-refractivity contribution in [2.75, 3.05) is 0 Å². The third-order valence-electron chi connectivity index (χ3n) is 12.1. The molecule has 2 heterocycles. The van der Waals surface area contributed by atoms with E-state index in [1.54, 1.807) is 13.8 Å². The van der Waals surface area contributed by atoms with Gasteiger partial charge in [0.1, 0.15) is 18.3 Å². The molecule has 3 aliphatic carbocycles. The van der Waals surface area contributed by atoms with Gasteiger partial charge < -0.3 is 44.8 Å². The molecule has 0 spiro atoms. The van der Waals surface area contributed by atoms with Crippen LogP contribution in [0.1, 0.15) is 86.5 Å². The number of hydrogen-bond acceptors (Lipinski definition) is 11. The van der Waals surface area contributed by atoms with Gasteiger partial charge in [0.15, 0.2) is 6.29 Å². The normalized spacial score (nSPS) is 39.5. The number of rotatable bonds is 11. The van der Waals surface area contributed by atoms with Crippen LogP contribution in [0.5, 0.6) is 0 Å². The molecule has 54 heavy (non-hydrogen) atoms. The first-order valence-electron chi connectivity index (χ1n) is 19.3. The molecule has 5 aliphatic rings. The highest BCUT2D eigenvalue weighted by atomic mass is 16.7. The standard InChI is InChI=1S/C42H58O12/c1-20(15-21(2)16-32(44)24(5)39(48)49)11-8-7-9-12-27-22(3)17-30-28(13-10-14-33(30)53-42-38(47)37(46)36(45)25(6)52-42)35-34(27)31-19-26(43)18-29(31)23(4)40(50)54-41(35)51/h7-9,11-12,17,21,24-28,30,32-33,35-38,42-47H,10,13-16,18-19H2,1-6H3,(H,48,49)/b8-7+,12-9+,20-11+,29-23-,34-31-. The molecule has 14 unspecified atom stereocenters. The molecule has 0 amide bonds. The lowest BCUT2D eigenvalue weighted by Crippen LogP contribution is -2.58. The maximum absolute atomic E-state index is 14.2. The van der Waals surface area contributed by atoms with Crippen molar-refractivity contribution in [2.45, 2.75) is 136 Å². The van der Waals surface area contributed by atoms with Crippen LogP contribution >= 0.6 is 0 Å².